The molecule has 0 saturated heterocycles. The average Bonchev–Trinajstić information content (AvgIpc) is 1.89. The minimum atomic E-state index is 0.961. The molecular weight excluding hydrogens is 112 g/mol. The van der Waals surface area contributed by atoms with Gasteiger partial charge >= 0.3 is 0 Å². The third-order valence-corrected chi connectivity index (χ3v) is 1.22. The van der Waals surface area contributed by atoms with Crippen molar-refractivity contribution in [2.75, 3.05) is 13.6 Å². The van der Waals surface area contributed by atoms with Crippen LogP contribution in [0.4, 0.5) is 0 Å². The lowest BCUT2D eigenvalue weighted by Gasteiger charge is -1.96. The number of amidine groups is 1. The molecule has 0 rings (SSSR count). The summed E-state index contributed by atoms with van der Waals surface area (Å²) in [5.74, 6) is 1.03. The summed E-state index contributed by atoms with van der Waals surface area (Å²) in [7, 11) is 1.89. The van der Waals surface area contributed by atoms with E-state index in [2.05, 4.69) is 17.2 Å². The highest BCUT2D eigenvalue weighted by Gasteiger charge is 1.81. The van der Waals surface area contributed by atoms with E-state index in [0.717, 1.165) is 12.4 Å². The molecule has 0 spiro atoms. The van der Waals surface area contributed by atoms with Crippen molar-refractivity contribution in [2.45, 2.75) is 26.7 Å². The minimum absolute atomic E-state index is 0.961. The van der Waals surface area contributed by atoms with Crippen molar-refractivity contribution in [3.8, 4) is 0 Å². The van der Waals surface area contributed by atoms with Gasteiger partial charge in [0.25, 0.3) is 0 Å². The highest BCUT2D eigenvalue weighted by Crippen LogP contribution is 1.86. The van der Waals surface area contributed by atoms with Crippen LogP contribution in [0.1, 0.15) is 26.7 Å². The van der Waals surface area contributed by atoms with E-state index in [4.69, 9.17) is 0 Å². The Hall–Kier alpha value is -0.530. The van der Waals surface area contributed by atoms with Crippen LogP contribution in [0.15, 0.2) is 4.99 Å². The van der Waals surface area contributed by atoms with Gasteiger partial charge in [0.15, 0.2) is 0 Å². The predicted octanol–water partition coefficient (Wildman–Crippen LogP) is 1.42. The maximum atomic E-state index is 4.24. The Morgan fingerprint density at radius 1 is 1.56 bits per heavy atom. The first-order valence-corrected chi connectivity index (χ1v) is 3.50. The Balaban J connectivity index is 3.21. The number of unbranched alkanes of at least 4 members (excludes halogenated alkanes) is 1. The summed E-state index contributed by atoms with van der Waals surface area (Å²) in [5.41, 5.74) is 0. The van der Waals surface area contributed by atoms with Crippen LogP contribution in [0.3, 0.4) is 0 Å². The number of nitrogens with zero attached hydrogens (tertiary/aromatic N) is 1. The van der Waals surface area contributed by atoms with Gasteiger partial charge in [0.05, 0.1) is 5.84 Å². The summed E-state index contributed by atoms with van der Waals surface area (Å²) in [5, 5.41) is 2.97. The Morgan fingerprint density at radius 2 is 2.22 bits per heavy atom. The molecule has 0 bridgehead atoms. The lowest BCUT2D eigenvalue weighted by atomic mass is 10.3. The predicted molar refractivity (Wildman–Crippen MR) is 41.9 cm³/mol. The maximum absolute atomic E-state index is 4.24. The van der Waals surface area contributed by atoms with E-state index in [1.54, 1.807) is 0 Å². The van der Waals surface area contributed by atoms with E-state index in [9.17, 15) is 0 Å². The first kappa shape index (κ1) is 8.47. The van der Waals surface area contributed by atoms with Crippen molar-refractivity contribution >= 4 is 5.84 Å². The molecule has 1 N–H and O–H groups in total. The molecule has 9 heavy (non-hydrogen) atoms. The second-order valence-corrected chi connectivity index (χ2v) is 2.07. The summed E-state index contributed by atoms with van der Waals surface area (Å²) in [6, 6.07) is 0. The largest absolute Gasteiger partial charge is 0.377 e. The second-order valence-electron chi connectivity index (χ2n) is 2.07. The molecule has 0 atom stereocenters. The van der Waals surface area contributed by atoms with Gasteiger partial charge in [-0.2, -0.15) is 0 Å². The third kappa shape index (κ3) is 5.34. The fourth-order valence-electron chi connectivity index (χ4n) is 0.484. The van der Waals surface area contributed by atoms with E-state index in [0.29, 0.717) is 0 Å². The van der Waals surface area contributed by atoms with Crippen molar-refractivity contribution in [2.24, 2.45) is 4.99 Å². The molecule has 0 heterocycles. The van der Waals surface area contributed by atoms with Gasteiger partial charge < -0.3 is 5.32 Å². The fourth-order valence-corrected chi connectivity index (χ4v) is 0.484. The van der Waals surface area contributed by atoms with Gasteiger partial charge in [-0.15, -0.1) is 0 Å². The SMILES string of the molecule is CCCC/N=C(\C)NC. The first-order chi connectivity index (χ1) is 4.31. The molecule has 0 radical (unpaired) electrons. The van der Waals surface area contributed by atoms with Gasteiger partial charge in [0.1, 0.15) is 0 Å². The third-order valence-electron chi connectivity index (χ3n) is 1.22. The molecule has 0 amide bonds. The molecule has 0 aliphatic rings. The van der Waals surface area contributed by atoms with Crippen LogP contribution < -0.4 is 5.32 Å². The highest BCUT2D eigenvalue weighted by molar-refractivity contribution is 5.79. The molecule has 0 fully saturated rings. The fraction of sp³-hybridized carbons (Fsp3) is 0.857. The zero-order valence-electron chi connectivity index (χ0n) is 6.57. The van der Waals surface area contributed by atoms with Crippen molar-refractivity contribution in [3.05, 3.63) is 0 Å². The summed E-state index contributed by atoms with van der Waals surface area (Å²) < 4.78 is 0. The number of rotatable bonds is 3. The van der Waals surface area contributed by atoms with Crippen LogP contribution in [0, 0.1) is 0 Å². The lowest BCUT2D eigenvalue weighted by molar-refractivity contribution is 0.803. The molecule has 0 aromatic carbocycles. The topological polar surface area (TPSA) is 24.4 Å². The standard InChI is InChI=1S/C7H16N2/c1-4-5-6-9-7(2)8-3/h4-6H2,1-3H3,(H,8,9). The Bertz CT molecular complexity index is 86.9. The van der Waals surface area contributed by atoms with E-state index >= 15 is 0 Å². The van der Waals surface area contributed by atoms with E-state index < -0.39 is 0 Å². The summed E-state index contributed by atoms with van der Waals surface area (Å²) in [4.78, 5) is 4.24. The molecule has 2 heteroatoms. The van der Waals surface area contributed by atoms with Crippen LogP contribution in [-0.2, 0) is 0 Å². The van der Waals surface area contributed by atoms with E-state index in [1.807, 2.05) is 14.0 Å². The van der Waals surface area contributed by atoms with E-state index in [1.165, 1.54) is 12.8 Å². The van der Waals surface area contributed by atoms with Crippen molar-refractivity contribution < 1.29 is 0 Å². The summed E-state index contributed by atoms with van der Waals surface area (Å²) in [6.07, 6.45) is 2.42. The second kappa shape index (κ2) is 5.60. The van der Waals surface area contributed by atoms with Crippen LogP contribution >= 0.6 is 0 Å². The van der Waals surface area contributed by atoms with Crippen molar-refractivity contribution in [1.29, 1.82) is 0 Å². The van der Waals surface area contributed by atoms with Crippen LogP contribution in [0.5, 0.6) is 0 Å². The van der Waals surface area contributed by atoms with Crippen molar-refractivity contribution in [1.82, 2.24) is 5.32 Å². The number of aliphatic imine (C=N–C) groups is 1. The molecule has 0 aliphatic heterocycles. The van der Waals surface area contributed by atoms with Gasteiger partial charge in [-0.25, -0.2) is 0 Å². The van der Waals surface area contributed by atoms with Crippen LogP contribution in [0.2, 0.25) is 0 Å². The van der Waals surface area contributed by atoms with Gasteiger partial charge in [0.2, 0.25) is 0 Å². The smallest absolute Gasteiger partial charge is 0.0929 e. The summed E-state index contributed by atoms with van der Waals surface area (Å²) in [6.45, 7) is 5.11. The van der Waals surface area contributed by atoms with Gasteiger partial charge in [-0.1, -0.05) is 13.3 Å². The quantitative estimate of drug-likeness (QED) is 0.347. The minimum Gasteiger partial charge on any atom is -0.377 e. The molecule has 54 valence electrons. The van der Waals surface area contributed by atoms with Gasteiger partial charge in [-0.3, -0.25) is 4.99 Å². The molecular formula is C7H16N2. The number of hydrogen-bond acceptors (Lipinski definition) is 1. The zero-order valence-corrected chi connectivity index (χ0v) is 6.57. The van der Waals surface area contributed by atoms with E-state index in [-0.39, 0.29) is 0 Å². The summed E-state index contributed by atoms with van der Waals surface area (Å²) >= 11 is 0. The van der Waals surface area contributed by atoms with Crippen LogP contribution in [-0.4, -0.2) is 19.4 Å². The maximum Gasteiger partial charge on any atom is 0.0929 e. The Morgan fingerprint density at radius 3 is 2.67 bits per heavy atom. The average molecular weight is 128 g/mol. The molecule has 2 nitrogen and oxygen atoms in total. The zero-order chi connectivity index (χ0) is 7.11. The van der Waals surface area contributed by atoms with Crippen molar-refractivity contribution in [3.63, 3.8) is 0 Å². The lowest BCUT2D eigenvalue weighted by Crippen LogP contribution is -2.13. The highest BCUT2D eigenvalue weighted by atomic mass is 14.9. The molecule has 0 saturated carbocycles. The number of nitrogens with one attached hydrogen (secondary N) is 1. The molecule has 0 aromatic heterocycles. The first-order valence-electron chi connectivity index (χ1n) is 3.50. The number of hydrogen-bond donors (Lipinski definition) is 1. The molecule has 0 aromatic rings. The monoisotopic (exact) mass is 128 g/mol. The van der Waals surface area contributed by atoms with Gasteiger partial charge in [0, 0.05) is 13.6 Å². The Kier molecular flexibility index (Phi) is 5.27. The Labute approximate surface area is 57.4 Å². The van der Waals surface area contributed by atoms with Crippen LogP contribution in [0.25, 0.3) is 0 Å². The molecule has 0 aliphatic carbocycles. The molecule has 0 unspecified atom stereocenters. The van der Waals surface area contributed by atoms with Gasteiger partial charge in [-0.05, 0) is 13.3 Å². The normalized spacial score (nSPS) is 11.7.